The number of methoxy groups -OCH3 is 1. The molecule has 3 rings (SSSR count). The molecule has 4 atom stereocenters. The summed E-state index contributed by atoms with van der Waals surface area (Å²) in [6.07, 6.45) is 2.78. The molecule has 1 unspecified atom stereocenters. The summed E-state index contributed by atoms with van der Waals surface area (Å²) >= 11 is 0. The first kappa shape index (κ1) is 20.7. The number of esters is 1. The van der Waals surface area contributed by atoms with E-state index in [-0.39, 0.29) is 11.3 Å². The Bertz CT molecular complexity index is 968. The topological polar surface area (TPSA) is 110 Å². The first-order valence-electron chi connectivity index (χ1n) is 8.87. The Morgan fingerprint density at radius 1 is 1.21 bits per heavy atom. The van der Waals surface area contributed by atoms with Gasteiger partial charge >= 0.3 is 5.97 Å². The molecule has 0 aliphatic carbocycles. The normalized spacial score (nSPS) is 26.0. The molecule has 1 fully saturated rings. The van der Waals surface area contributed by atoms with Gasteiger partial charge in [0.15, 0.2) is 5.78 Å². The zero-order valence-electron chi connectivity index (χ0n) is 16.1. The lowest BCUT2D eigenvalue weighted by atomic mass is 9.99. The van der Waals surface area contributed by atoms with E-state index in [2.05, 4.69) is 5.32 Å². The summed E-state index contributed by atoms with van der Waals surface area (Å²) in [5.41, 5.74) is 0.438. The van der Waals surface area contributed by atoms with Crippen LogP contribution >= 0.6 is 0 Å². The number of hydrogen-bond donors (Lipinski definition) is 1. The Kier molecular flexibility index (Phi) is 5.78. The average Bonchev–Trinajstić information content (AvgIpc) is 2.72. The summed E-state index contributed by atoms with van der Waals surface area (Å²) in [5, 5.41) is 0.428. The molecule has 9 heteroatoms. The fourth-order valence-corrected chi connectivity index (χ4v) is 5.37. The van der Waals surface area contributed by atoms with Crippen LogP contribution in [-0.4, -0.2) is 56.5 Å². The number of ether oxygens (including phenoxy) is 1. The molecule has 1 N–H and O–H groups in total. The molecule has 0 saturated carbocycles. The van der Waals surface area contributed by atoms with Crippen molar-refractivity contribution >= 4 is 34.4 Å². The Balaban J connectivity index is 1.97. The van der Waals surface area contributed by atoms with Crippen LogP contribution in [0.3, 0.4) is 0 Å². The first-order chi connectivity index (χ1) is 13.8. The number of nitrogens with one attached hydrogen (secondary N) is 1. The number of carbonyl (C=O) groups is 4. The summed E-state index contributed by atoms with van der Waals surface area (Å²) in [6.45, 7) is 3.13. The Labute approximate surface area is 170 Å². The lowest BCUT2D eigenvalue weighted by Crippen LogP contribution is -2.74. The monoisotopic (exact) mass is 416 g/mol. The van der Waals surface area contributed by atoms with E-state index in [0.717, 1.165) is 12.0 Å². The van der Waals surface area contributed by atoms with Crippen molar-refractivity contribution in [2.24, 2.45) is 0 Å². The van der Waals surface area contributed by atoms with Gasteiger partial charge in [-0.3, -0.25) is 23.5 Å². The minimum Gasteiger partial charge on any atom is -0.464 e. The van der Waals surface area contributed by atoms with Crippen LogP contribution < -0.4 is 5.32 Å². The fraction of sp³-hybridized carbons (Fsp3) is 0.300. The highest BCUT2D eigenvalue weighted by atomic mass is 32.2. The molecule has 152 valence electrons. The van der Waals surface area contributed by atoms with Crippen LogP contribution in [0.15, 0.2) is 53.8 Å². The zero-order valence-corrected chi connectivity index (χ0v) is 16.9. The molecular weight excluding hydrogens is 396 g/mol. The molecule has 29 heavy (non-hydrogen) atoms. The number of amides is 2. The minimum absolute atomic E-state index is 0.102. The number of fused-ring (bicyclic) bond motifs is 1. The highest BCUT2D eigenvalue weighted by Crippen LogP contribution is 2.38. The molecule has 0 aromatic heterocycles. The van der Waals surface area contributed by atoms with E-state index in [1.165, 1.54) is 19.1 Å². The van der Waals surface area contributed by atoms with Crippen LogP contribution in [0.5, 0.6) is 0 Å². The third-order valence-corrected chi connectivity index (χ3v) is 6.82. The number of ketones is 1. The average molecular weight is 416 g/mol. The van der Waals surface area contributed by atoms with E-state index in [0.29, 0.717) is 5.56 Å². The molecular formula is C20H20N2O6S. The summed E-state index contributed by atoms with van der Waals surface area (Å²) in [4.78, 5) is 51.1. The summed E-state index contributed by atoms with van der Waals surface area (Å²) in [5.74, 6) is -2.34. The van der Waals surface area contributed by atoms with Crippen LogP contribution in [0.25, 0.3) is 0 Å². The highest BCUT2D eigenvalue weighted by molar-refractivity contribution is 7.87. The maximum atomic E-state index is 13.2. The Hall–Kier alpha value is -3.07. The van der Waals surface area contributed by atoms with Gasteiger partial charge in [-0.2, -0.15) is 0 Å². The van der Waals surface area contributed by atoms with E-state index in [9.17, 15) is 23.4 Å². The number of carbonyl (C=O) groups excluding carboxylic acids is 4. The van der Waals surface area contributed by atoms with Crippen molar-refractivity contribution in [3.63, 3.8) is 0 Å². The second kappa shape index (κ2) is 8.12. The van der Waals surface area contributed by atoms with Gasteiger partial charge in [-0.25, -0.2) is 4.79 Å². The second-order valence-electron chi connectivity index (χ2n) is 6.55. The number of nitrogens with zero attached hydrogens (tertiary/aromatic N) is 1. The van der Waals surface area contributed by atoms with Crippen molar-refractivity contribution in [1.82, 2.24) is 10.2 Å². The third-order valence-electron chi connectivity index (χ3n) is 4.81. The standard InChI is InChI=1S/C20H20N2O6S/c1-4-8-13(23)16-11(2)15(20(26)28-3)22-18(25)14(19(22)29(16)27)21-17(24)12-9-6-5-7-10-12/h4-10,14,16,19H,1-3H3,(H,21,24)/b8-4+/t14-,16+,19-,29?/m1/s1. The maximum Gasteiger partial charge on any atom is 0.354 e. The molecule has 1 aromatic rings. The van der Waals surface area contributed by atoms with Crippen molar-refractivity contribution in [1.29, 1.82) is 0 Å². The molecule has 2 heterocycles. The van der Waals surface area contributed by atoms with Crippen molar-refractivity contribution in [3.05, 3.63) is 59.3 Å². The zero-order chi connectivity index (χ0) is 21.3. The molecule has 2 aliphatic rings. The summed E-state index contributed by atoms with van der Waals surface area (Å²) in [6, 6.07) is 7.15. The number of allylic oxidation sites excluding steroid dienone is 2. The lowest BCUT2D eigenvalue weighted by molar-refractivity contribution is -0.150. The minimum atomic E-state index is -1.87. The van der Waals surface area contributed by atoms with Gasteiger partial charge in [0.2, 0.25) is 0 Å². The summed E-state index contributed by atoms with van der Waals surface area (Å²) in [7, 11) is -0.709. The maximum absolute atomic E-state index is 13.2. The van der Waals surface area contributed by atoms with Gasteiger partial charge in [0, 0.05) is 5.56 Å². The van der Waals surface area contributed by atoms with Gasteiger partial charge in [0.25, 0.3) is 11.8 Å². The molecule has 0 spiro atoms. The molecule has 0 radical (unpaired) electrons. The van der Waals surface area contributed by atoms with E-state index >= 15 is 0 Å². The predicted octanol–water partition coefficient (Wildman–Crippen LogP) is 0.676. The quantitative estimate of drug-likeness (QED) is 0.429. The Morgan fingerprint density at radius 3 is 2.45 bits per heavy atom. The molecule has 1 aromatic carbocycles. The molecule has 8 nitrogen and oxygen atoms in total. The fourth-order valence-electron chi connectivity index (χ4n) is 3.45. The van der Waals surface area contributed by atoms with E-state index in [4.69, 9.17) is 4.74 Å². The van der Waals surface area contributed by atoms with Crippen molar-refractivity contribution in [2.45, 2.75) is 30.5 Å². The molecule has 2 aliphatic heterocycles. The number of rotatable bonds is 5. The van der Waals surface area contributed by atoms with E-state index < -0.39 is 51.0 Å². The van der Waals surface area contributed by atoms with Gasteiger partial charge in [-0.15, -0.1) is 0 Å². The first-order valence-corrected chi connectivity index (χ1v) is 10.1. The van der Waals surface area contributed by atoms with E-state index in [1.807, 2.05) is 0 Å². The van der Waals surface area contributed by atoms with Crippen molar-refractivity contribution in [3.8, 4) is 0 Å². The second-order valence-corrected chi connectivity index (χ2v) is 8.16. The Morgan fingerprint density at radius 2 is 1.86 bits per heavy atom. The largest absolute Gasteiger partial charge is 0.464 e. The predicted molar refractivity (Wildman–Crippen MR) is 105 cm³/mol. The van der Waals surface area contributed by atoms with Crippen molar-refractivity contribution in [2.75, 3.05) is 7.11 Å². The molecule has 0 bridgehead atoms. The van der Waals surface area contributed by atoms with Gasteiger partial charge < -0.3 is 10.1 Å². The van der Waals surface area contributed by atoms with Crippen LogP contribution in [0, 0.1) is 0 Å². The third kappa shape index (κ3) is 3.42. The lowest BCUT2D eigenvalue weighted by Gasteiger charge is -2.50. The SMILES string of the molecule is C/C=C/C(=O)[C@@H]1C(C)=C(C(=O)OC)N2C(=O)[C@@H](NC(=O)c3ccccc3)[C@H]2S1=O. The smallest absolute Gasteiger partial charge is 0.354 e. The van der Waals surface area contributed by atoms with Crippen LogP contribution in [-0.2, 0) is 29.9 Å². The van der Waals surface area contributed by atoms with Crippen molar-refractivity contribution < 1.29 is 28.1 Å². The molecule has 2 amide bonds. The summed E-state index contributed by atoms with van der Waals surface area (Å²) < 4.78 is 17.9. The number of hydrogen-bond acceptors (Lipinski definition) is 6. The molecule has 1 saturated heterocycles. The van der Waals surface area contributed by atoms with Crippen LogP contribution in [0.1, 0.15) is 24.2 Å². The number of β-lactam (4-membered cyclic amide) rings is 1. The van der Waals surface area contributed by atoms with Crippen LogP contribution in [0.4, 0.5) is 0 Å². The highest BCUT2D eigenvalue weighted by Gasteiger charge is 2.60. The van der Waals surface area contributed by atoms with Gasteiger partial charge in [0.1, 0.15) is 22.4 Å². The van der Waals surface area contributed by atoms with Gasteiger partial charge in [-0.05, 0) is 37.6 Å². The van der Waals surface area contributed by atoms with Crippen LogP contribution in [0.2, 0.25) is 0 Å². The van der Waals surface area contributed by atoms with Gasteiger partial charge in [-0.1, -0.05) is 24.3 Å². The van der Waals surface area contributed by atoms with E-state index in [1.54, 1.807) is 37.3 Å². The number of benzene rings is 1. The van der Waals surface area contributed by atoms with Gasteiger partial charge in [0.05, 0.1) is 17.9 Å².